The number of nitrogens with zero attached hydrogens (tertiary/aromatic N) is 1. The van der Waals surface area contributed by atoms with Crippen LogP contribution in [0.2, 0.25) is 0 Å². The van der Waals surface area contributed by atoms with E-state index in [1.165, 1.54) is 13.5 Å². The molecular weight excluding hydrogens is 312 g/mol. The number of carbonyl (C=O) groups is 1. The maximum absolute atomic E-state index is 12.7. The molecule has 2 aromatic rings. The summed E-state index contributed by atoms with van der Waals surface area (Å²) in [6.07, 6.45) is 3.48. The first kappa shape index (κ1) is 17.5. The lowest BCUT2D eigenvalue weighted by Crippen LogP contribution is -2.50. The van der Waals surface area contributed by atoms with Crippen LogP contribution in [0.25, 0.3) is 0 Å². The number of hydrogen-bond acceptors (Lipinski definition) is 4. The molecule has 0 unspecified atom stereocenters. The molecule has 1 aliphatic heterocycles. The highest BCUT2D eigenvalue weighted by Gasteiger charge is 2.36. The van der Waals surface area contributed by atoms with Crippen molar-refractivity contribution in [2.24, 2.45) is 0 Å². The van der Waals surface area contributed by atoms with Gasteiger partial charge in [-0.2, -0.15) is 0 Å². The Hall–Kier alpha value is -2.33. The molecular formula is C21H26N2O2. The number of carbonyl (C=O) groups excluding carboxylic acids is 1. The quantitative estimate of drug-likeness (QED) is 0.812. The number of ether oxygens (including phenoxy) is 1. The van der Waals surface area contributed by atoms with Crippen molar-refractivity contribution in [2.75, 3.05) is 25.5 Å². The minimum Gasteiger partial charge on any atom is -0.468 e. The monoisotopic (exact) mass is 338 g/mol. The predicted octanol–water partition coefficient (Wildman–Crippen LogP) is 3.87. The lowest BCUT2D eigenvalue weighted by molar-refractivity contribution is -0.148. The molecule has 0 bridgehead atoms. The van der Waals surface area contributed by atoms with E-state index in [0.29, 0.717) is 0 Å². The predicted molar refractivity (Wildman–Crippen MR) is 100 cm³/mol. The van der Waals surface area contributed by atoms with Gasteiger partial charge in [0.2, 0.25) is 0 Å². The van der Waals surface area contributed by atoms with Crippen LogP contribution in [0, 0.1) is 0 Å². The Labute approximate surface area is 149 Å². The molecule has 0 aliphatic carbocycles. The van der Waals surface area contributed by atoms with E-state index >= 15 is 0 Å². The van der Waals surface area contributed by atoms with Gasteiger partial charge < -0.3 is 10.1 Å². The molecule has 1 fully saturated rings. The molecule has 0 saturated carbocycles. The number of esters is 1. The highest BCUT2D eigenvalue weighted by molar-refractivity contribution is 5.78. The molecule has 2 atom stereocenters. The number of anilines is 1. The fraction of sp³-hybridized carbons (Fsp3) is 0.381. The topological polar surface area (TPSA) is 41.6 Å². The molecule has 0 spiro atoms. The Morgan fingerprint density at radius 3 is 2.16 bits per heavy atom. The fourth-order valence-corrected chi connectivity index (χ4v) is 3.53. The van der Waals surface area contributed by atoms with Gasteiger partial charge >= 0.3 is 5.97 Å². The average Bonchev–Trinajstić information content (AvgIpc) is 2.69. The van der Waals surface area contributed by atoms with Crippen LogP contribution < -0.4 is 5.32 Å². The Balaban J connectivity index is 1.95. The van der Waals surface area contributed by atoms with Gasteiger partial charge in [0.05, 0.1) is 13.2 Å². The van der Waals surface area contributed by atoms with Crippen molar-refractivity contribution >= 4 is 11.7 Å². The van der Waals surface area contributed by atoms with Gasteiger partial charge in [-0.05, 0) is 43.6 Å². The van der Waals surface area contributed by atoms with Crippen LogP contribution in [-0.2, 0) is 9.53 Å². The molecule has 0 radical (unpaired) electrons. The van der Waals surface area contributed by atoms with E-state index < -0.39 is 0 Å². The van der Waals surface area contributed by atoms with Crippen LogP contribution in [-0.4, -0.2) is 37.1 Å². The van der Waals surface area contributed by atoms with Gasteiger partial charge in [-0.1, -0.05) is 55.0 Å². The smallest absolute Gasteiger partial charge is 0.325 e. The van der Waals surface area contributed by atoms with Crippen molar-refractivity contribution < 1.29 is 9.53 Å². The van der Waals surface area contributed by atoms with Gasteiger partial charge in [0.25, 0.3) is 0 Å². The molecule has 1 N–H and O–H groups in total. The number of hydrogen-bond donors (Lipinski definition) is 1. The van der Waals surface area contributed by atoms with Gasteiger partial charge in [-0.25, -0.2) is 0 Å². The first-order valence-electron chi connectivity index (χ1n) is 8.98. The number of piperidine rings is 1. The van der Waals surface area contributed by atoms with Crippen molar-refractivity contribution in [3.8, 4) is 0 Å². The first-order valence-corrected chi connectivity index (χ1v) is 8.98. The van der Waals surface area contributed by atoms with E-state index in [2.05, 4.69) is 22.3 Å². The third kappa shape index (κ3) is 4.40. The van der Waals surface area contributed by atoms with E-state index in [-0.39, 0.29) is 18.1 Å². The van der Waals surface area contributed by atoms with E-state index in [1.54, 1.807) is 0 Å². The van der Waals surface area contributed by atoms with Crippen LogP contribution in [0.5, 0.6) is 0 Å². The third-order valence-corrected chi connectivity index (χ3v) is 4.80. The third-order valence-electron chi connectivity index (χ3n) is 4.80. The van der Waals surface area contributed by atoms with E-state index in [1.807, 2.05) is 48.5 Å². The van der Waals surface area contributed by atoms with Crippen molar-refractivity contribution in [2.45, 2.75) is 31.3 Å². The van der Waals surface area contributed by atoms with Crippen molar-refractivity contribution in [3.05, 3.63) is 66.2 Å². The maximum Gasteiger partial charge on any atom is 0.325 e. The molecule has 3 rings (SSSR count). The van der Waals surface area contributed by atoms with Gasteiger partial charge in [0.15, 0.2) is 0 Å². The Morgan fingerprint density at radius 2 is 1.56 bits per heavy atom. The summed E-state index contributed by atoms with van der Waals surface area (Å²) in [5.74, 6) is -0.181. The second-order valence-corrected chi connectivity index (χ2v) is 6.46. The molecule has 132 valence electrons. The number of nitrogens with one attached hydrogen (secondary N) is 1. The number of benzene rings is 2. The van der Waals surface area contributed by atoms with E-state index in [9.17, 15) is 4.79 Å². The van der Waals surface area contributed by atoms with Crippen LogP contribution in [0.4, 0.5) is 5.69 Å². The fourth-order valence-electron chi connectivity index (χ4n) is 3.53. The largest absolute Gasteiger partial charge is 0.468 e. The van der Waals surface area contributed by atoms with Gasteiger partial charge in [-0.3, -0.25) is 9.69 Å². The number of likely N-dealkylation sites (tertiary alicyclic amines) is 1. The van der Waals surface area contributed by atoms with Gasteiger partial charge in [0.1, 0.15) is 6.04 Å². The molecule has 0 aromatic heterocycles. The van der Waals surface area contributed by atoms with E-state index in [4.69, 9.17) is 4.74 Å². The van der Waals surface area contributed by atoms with Gasteiger partial charge in [0, 0.05) is 5.69 Å². The molecule has 25 heavy (non-hydrogen) atoms. The summed E-state index contributed by atoms with van der Waals surface area (Å²) in [6.45, 7) is 1.86. The standard InChI is InChI=1S/C21H26N2O2/c1-25-21(24)20(23-15-9-4-10-16-23)19(17-11-5-2-6-12-17)22-18-13-7-3-8-14-18/h2-3,5-8,11-14,19-20,22H,4,9-10,15-16H2,1H3/t19-,20+/m0/s1. The molecule has 4 heteroatoms. The lowest BCUT2D eigenvalue weighted by atomic mass is 9.95. The van der Waals surface area contributed by atoms with Crippen molar-refractivity contribution in [1.82, 2.24) is 4.90 Å². The zero-order valence-corrected chi connectivity index (χ0v) is 14.7. The molecule has 1 aliphatic rings. The summed E-state index contributed by atoms with van der Waals surface area (Å²) in [6, 6.07) is 19.7. The summed E-state index contributed by atoms with van der Waals surface area (Å²) in [5, 5.41) is 3.57. The Morgan fingerprint density at radius 1 is 0.960 bits per heavy atom. The molecule has 2 aromatic carbocycles. The molecule has 4 nitrogen and oxygen atoms in total. The normalized spacial score (nSPS) is 17.5. The highest BCUT2D eigenvalue weighted by atomic mass is 16.5. The minimum atomic E-state index is -0.340. The second-order valence-electron chi connectivity index (χ2n) is 6.46. The lowest BCUT2D eigenvalue weighted by Gasteiger charge is -2.38. The number of para-hydroxylation sites is 1. The maximum atomic E-state index is 12.7. The van der Waals surface area contributed by atoms with Crippen LogP contribution in [0.15, 0.2) is 60.7 Å². The summed E-state index contributed by atoms with van der Waals surface area (Å²) in [7, 11) is 1.48. The van der Waals surface area contributed by atoms with Crippen LogP contribution >= 0.6 is 0 Å². The Bertz CT molecular complexity index is 654. The molecule has 0 amide bonds. The first-order chi connectivity index (χ1) is 12.3. The van der Waals surface area contributed by atoms with Crippen molar-refractivity contribution in [3.63, 3.8) is 0 Å². The van der Waals surface area contributed by atoms with Crippen LogP contribution in [0.1, 0.15) is 30.9 Å². The summed E-state index contributed by atoms with van der Waals surface area (Å²) in [4.78, 5) is 15.0. The van der Waals surface area contributed by atoms with Gasteiger partial charge in [-0.15, -0.1) is 0 Å². The Kier molecular flexibility index (Phi) is 6.07. The summed E-state index contributed by atoms with van der Waals surface area (Å²) < 4.78 is 5.19. The number of methoxy groups -OCH3 is 1. The number of rotatable bonds is 6. The zero-order valence-electron chi connectivity index (χ0n) is 14.7. The average molecular weight is 338 g/mol. The molecule has 1 saturated heterocycles. The molecule has 1 heterocycles. The highest BCUT2D eigenvalue weighted by Crippen LogP contribution is 2.28. The van der Waals surface area contributed by atoms with E-state index in [0.717, 1.165) is 37.2 Å². The second kappa shape index (κ2) is 8.67. The summed E-state index contributed by atoms with van der Waals surface area (Å²) in [5.41, 5.74) is 2.09. The van der Waals surface area contributed by atoms with Crippen molar-refractivity contribution in [1.29, 1.82) is 0 Å². The zero-order chi connectivity index (χ0) is 17.5. The van der Waals surface area contributed by atoms with Crippen LogP contribution in [0.3, 0.4) is 0 Å². The summed E-state index contributed by atoms with van der Waals surface area (Å²) >= 11 is 0. The minimum absolute atomic E-state index is 0.158. The SMILES string of the molecule is COC(=O)[C@@H]([C@@H](Nc1ccccc1)c1ccccc1)N1CCCCC1.